The molecule has 11 rings (SSSR count). The van der Waals surface area contributed by atoms with Gasteiger partial charge in [0, 0.05) is 27.5 Å². The Hall–Kier alpha value is -7.69. The van der Waals surface area contributed by atoms with E-state index in [0.717, 1.165) is 82.8 Å². The molecule has 0 aliphatic carbocycles. The number of fused-ring (bicyclic) bond motifs is 5. The molecule has 0 aliphatic heterocycles. The monoisotopic (exact) mass is 727 g/mol. The number of nitrogens with zero attached hydrogens (tertiary/aromatic N) is 3. The maximum absolute atomic E-state index is 6.76. The van der Waals surface area contributed by atoms with Crippen LogP contribution in [0.4, 0.5) is 0 Å². The first kappa shape index (κ1) is 32.7. The molecular formula is C53H33N3O. The molecule has 4 nitrogen and oxygen atoms in total. The highest BCUT2D eigenvalue weighted by molar-refractivity contribution is 6.16. The molecule has 0 spiro atoms. The first-order valence-electron chi connectivity index (χ1n) is 19.2. The van der Waals surface area contributed by atoms with Crippen molar-refractivity contribution in [2.45, 2.75) is 0 Å². The molecular weight excluding hydrogens is 695 g/mol. The van der Waals surface area contributed by atoms with Crippen LogP contribution < -0.4 is 0 Å². The van der Waals surface area contributed by atoms with Crippen molar-refractivity contribution >= 4 is 43.5 Å². The summed E-state index contributed by atoms with van der Waals surface area (Å²) < 4.78 is 6.76. The fourth-order valence-corrected chi connectivity index (χ4v) is 8.00. The predicted octanol–water partition coefficient (Wildman–Crippen LogP) is 14.1. The molecule has 2 aromatic heterocycles. The lowest BCUT2D eigenvalue weighted by Crippen LogP contribution is -2.01. The van der Waals surface area contributed by atoms with Crippen molar-refractivity contribution < 1.29 is 4.42 Å². The zero-order valence-electron chi connectivity index (χ0n) is 30.8. The van der Waals surface area contributed by atoms with Crippen molar-refractivity contribution in [1.29, 1.82) is 0 Å². The summed E-state index contributed by atoms with van der Waals surface area (Å²) >= 11 is 0. The van der Waals surface area contributed by atoms with E-state index < -0.39 is 0 Å². The second kappa shape index (κ2) is 13.6. The zero-order chi connectivity index (χ0) is 37.7. The van der Waals surface area contributed by atoms with Crippen LogP contribution in [-0.2, 0) is 0 Å². The molecule has 2 heterocycles. The first-order valence-corrected chi connectivity index (χ1v) is 19.2. The number of benzene rings is 9. The topological polar surface area (TPSA) is 51.8 Å². The second-order valence-corrected chi connectivity index (χ2v) is 14.5. The number of hydrogen-bond donors (Lipinski definition) is 0. The lowest BCUT2D eigenvalue weighted by atomic mass is 9.95. The summed E-state index contributed by atoms with van der Waals surface area (Å²) in [5.74, 6) is 1.77. The highest BCUT2D eigenvalue weighted by Gasteiger charge is 2.21. The van der Waals surface area contributed by atoms with Crippen molar-refractivity contribution in [2.24, 2.45) is 0 Å². The maximum atomic E-state index is 6.76. The summed E-state index contributed by atoms with van der Waals surface area (Å²) in [6.45, 7) is 0. The highest BCUT2D eigenvalue weighted by Crippen LogP contribution is 2.42. The SMILES string of the molecule is c1ccc(-c2cc(-c3ccccc3)cc(-c3nc(-c4ccccc4)nc(-c4cc(-c5ccc6ccccc6c5)cc5oc6cc7ccccc7cc6c45)n3)c2)cc1. The van der Waals surface area contributed by atoms with Gasteiger partial charge < -0.3 is 4.42 Å². The third-order valence-electron chi connectivity index (χ3n) is 10.8. The van der Waals surface area contributed by atoms with Crippen LogP contribution in [0.5, 0.6) is 0 Å². The second-order valence-electron chi connectivity index (χ2n) is 14.5. The van der Waals surface area contributed by atoms with Gasteiger partial charge in [0.2, 0.25) is 0 Å². The van der Waals surface area contributed by atoms with E-state index in [1.807, 2.05) is 30.3 Å². The van der Waals surface area contributed by atoms with E-state index in [0.29, 0.717) is 17.5 Å². The molecule has 9 aromatic carbocycles. The quantitative estimate of drug-likeness (QED) is 0.171. The number of aromatic nitrogens is 3. The largest absolute Gasteiger partial charge is 0.456 e. The minimum absolute atomic E-state index is 0.578. The van der Waals surface area contributed by atoms with Crippen molar-refractivity contribution in [3.63, 3.8) is 0 Å². The van der Waals surface area contributed by atoms with Crippen molar-refractivity contribution in [3.8, 4) is 67.5 Å². The summed E-state index contributed by atoms with van der Waals surface area (Å²) in [6.07, 6.45) is 0. The lowest BCUT2D eigenvalue weighted by Gasteiger charge is -2.13. The Morgan fingerprint density at radius 2 is 0.772 bits per heavy atom. The van der Waals surface area contributed by atoms with Gasteiger partial charge in [-0.25, -0.2) is 15.0 Å². The summed E-state index contributed by atoms with van der Waals surface area (Å²) in [6, 6.07) is 70.0. The number of hydrogen-bond acceptors (Lipinski definition) is 4. The minimum atomic E-state index is 0.578. The summed E-state index contributed by atoms with van der Waals surface area (Å²) in [7, 11) is 0. The Morgan fingerprint density at radius 3 is 1.42 bits per heavy atom. The van der Waals surface area contributed by atoms with Crippen LogP contribution in [-0.4, -0.2) is 15.0 Å². The average molecular weight is 728 g/mol. The van der Waals surface area contributed by atoms with Gasteiger partial charge in [-0.05, 0) is 103 Å². The molecule has 0 N–H and O–H groups in total. The van der Waals surface area contributed by atoms with Crippen molar-refractivity contribution in [3.05, 3.63) is 200 Å². The molecule has 0 aliphatic rings. The van der Waals surface area contributed by atoms with E-state index >= 15 is 0 Å². The lowest BCUT2D eigenvalue weighted by molar-refractivity contribution is 0.669. The van der Waals surface area contributed by atoms with Crippen LogP contribution in [0.2, 0.25) is 0 Å². The zero-order valence-corrected chi connectivity index (χ0v) is 30.8. The Kier molecular flexibility index (Phi) is 7.78. The molecule has 0 amide bonds. The van der Waals surface area contributed by atoms with Gasteiger partial charge in [-0.1, -0.05) is 152 Å². The summed E-state index contributed by atoms with van der Waals surface area (Å²) in [5.41, 5.74) is 10.8. The first-order chi connectivity index (χ1) is 28.2. The van der Waals surface area contributed by atoms with Crippen LogP contribution in [0, 0.1) is 0 Å². The van der Waals surface area contributed by atoms with Gasteiger partial charge in [-0.2, -0.15) is 0 Å². The number of rotatable bonds is 6. The molecule has 0 saturated heterocycles. The van der Waals surface area contributed by atoms with E-state index in [1.165, 1.54) is 10.8 Å². The van der Waals surface area contributed by atoms with E-state index in [4.69, 9.17) is 19.4 Å². The molecule has 0 radical (unpaired) electrons. The van der Waals surface area contributed by atoms with Crippen LogP contribution in [0.1, 0.15) is 0 Å². The van der Waals surface area contributed by atoms with E-state index in [2.05, 4.69) is 170 Å². The third kappa shape index (κ3) is 6.01. The van der Waals surface area contributed by atoms with Gasteiger partial charge in [0.25, 0.3) is 0 Å². The van der Waals surface area contributed by atoms with E-state index in [1.54, 1.807) is 0 Å². The Labute approximate surface area is 329 Å². The Balaban J connectivity index is 1.20. The molecule has 4 heteroatoms. The summed E-state index contributed by atoms with van der Waals surface area (Å²) in [4.78, 5) is 15.9. The highest BCUT2D eigenvalue weighted by atomic mass is 16.3. The van der Waals surface area contributed by atoms with Crippen molar-refractivity contribution in [1.82, 2.24) is 15.0 Å². The van der Waals surface area contributed by atoms with Crippen molar-refractivity contribution in [2.75, 3.05) is 0 Å². The minimum Gasteiger partial charge on any atom is -0.456 e. The molecule has 0 fully saturated rings. The normalized spacial score (nSPS) is 11.5. The molecule has 57 heavy (non-hydrogen) atoms. The third-order valence-corrected chi connectivity index (χ3v) is 10.8. The van der Waals surface area contributed by atoms with Gasteiger partial charge in [0.1, 0.15) is 11.2 Å². The smallest absolute Gasteiger partial charge is 0.164 e. The van der Waals surface area contributed by atoms with Gasteiger partial charge >= 0.3 is 0 Å². The Morgan fingerprint density at radius 1 is 0.281 bits per heavy atom. The molecule has 0 atom stereocenters. The molecule has 11 aromatic rings. The molecule has 0 unspecified atom stereocenters. The van der Waals surface area contributed by atoms with Crippen LogP contribution in [0.15, 0.2) is 205 Å². The standard InChI is InChI=1S/C53H33N3O/c1-4-14-34(15-5-1)42-27-43(35-16-6-2-7-17-35)29-45(28-42)52-54-51(37-19-8-3-9-20-37)55-53(56-52)47-31-44(41-25-24-36-18-10-11-21-38(36)26-41)33-49-50(47)46-30-39-22-12-13-23-40(39)32-48(46)57-49/h1-33H. The van der Waals surface area contributed by atoms with Crippen LogP contribution >= 0.6 is 0 Å². The Bertz CT molecular complexity index is 3220. The van der Waals surface area contributed by atoms with Crippen LogP contribution in [0.25, 0.3) is 111 Å². The number of furan rings is 1. The molecule has 0 saturated carbocycles. The van der Waals surface area contributed by atoms with E-state index in [-0.39, 0.29) is 0 Å². The predicted molar refractivity (Wildman–Crippen MR) is 235 cm³/mol. The summed E-state index contributed by atoms with van der Waals surface area (Å²) in [5, 5.41) is 6.63. The van der Waals surface area contributed by atoms with E-state index in [9.17, 15) is 0 Å². The maximum Gasteiger partial charge on any atom is 0.164 e. The van der Waals surface area contributed by atoms with Gasteiger partial charge in [0.05, 0.1) is 0 Å². The fourth-order valence-electron chi connectivity index (χ4n) is 8.00. The molecule has 0 bridgehead atoms. The average Bonchev–Trinajstić information content (AvgIpc) is 3.65. The van der Waals surface area contributed by atoms with Crippen LogP contribution in [0.3, 0.4) is 0 Å². The van der Waals surface area contributed by atoms with Gasteiger partial charge in [-0.15, -0.1) is 0 Å². The van der Waals surface area contributed by atoms with Gasteiger partial charge in [0.15, 0.2) is 17.5 Å². The van der Waals surface area contributed by atoms with Gasteiger partial charge in [-0.3, -0.25) is 0 Å². The fraction of sp³-hybridized carbons (Fsp3) is 0. The molecule has 266 valence electrons.